The van der Waals surface area contributed by atoms with Gasteiger partial charge in [0.15, 0.2) is 0 Å². The molecule has 1 heterocycles. The van der Waals surface area contributed by atoms with Crippen LogP contribution >= 0.6 is 15.9 Å². The van der Waals surface area contributed by atoms with Crippen molar-refractivity contribution >= 4 is 27.9 Å². The van der Waals surface area contributed by atoms with Crippen molar-refractivity contribution in [2.75, 3.05) is 13.1 Å². The minimum absolute atomic E-state index is 0.00113. The molecule has 2 fully saturated rings. The van der Waals surface area contributed by atoms with Crippen LogP contribution < -0.4 is 0 Å². The molecule has 0 aromatic heterocycles. The lowest BCUT2D eigenvalue weighted by Gasteiger charge is -2.14. The zero-order valence-electron chi connectivity index (χ0n) is 11.2. The van der Waals surface area contributed by atoms with E-state index >= 15 is 0 Å². The highest BCUT2D eigenvalue weighted by atomic mass is 79.9. The van der Waals surface area contributed by atoms with Crippen LogP contribution in [0.3, 0.4) is 0 Å². The van der Waals surface area contributed by atoms with E-state index in [4.69, 9.17) is 0 Å². The quantitative estimate of drug-likeness (QED) is 0.750. The first kappa shape index (κ1) is 13.8. The van der Waals surface area contributed by atoms with Gasteiger partial charge in [-0.3, -0.25) is 4.79 Å². The lowest BCUT2D eigenvalue weighted by molar-refractivity contribution is -0.125. The predicted octanol–water partition coefficient (Wildman–Crippen LogP) is 3.86. The zero-order chi connectivity index (χ0) is 14.1. The Labute approximate surface area is 126 Å². The van der Waals surface area contributed by atoms with Crippen LogP contribution in [0, 0.1) is 17.7 Å². The number of carbonyl (C=O) groups excluding carboxylic acids is 1. The number of hydrogen-bond donors (Lipinski definition) is 0. The molecule has 2 unspecified atom stereocenters. The average molecular weight is 338 g/mol. The molecule has 2 atom stereocenters. The van der Waals surface area contributed by atoms with Crippen molar-refractivity contribution < 1.29 is 9.18 Å². The van der Waals surface area contributed by atoms with Gasteiger partial charge in [-0.1, -0.05) is 22.4 Å². The Morgan fingerprint density at radius 1 is 1.30 bits per heavy atom. The molecule has 2 aliphatic rings. The smallest absolute Gasteiger partial charge is 0.246 e. The number of amides is 1. The van der Waals surface area contributed by atoms with Crippen LogP contribution in [0.25, 0.3) is 6.08 Å². The molecule has 1 saturated carbocycles. The van der Waals surface area contributed by atoms with Crippen LogP contribution in [0.15, 0.2) is 28.7 Å². The number of benzene rings is 1. The van der Waals surface area contributed by atoms with Crippen LogP contribution in [0.1, 0.15) is 24.8 Å². The van der Waals surface area contributed by atoms with Crippen molar-refractivity contribution in [1.29, 1.82) is 0 Å². The Balaban J connectivity index is 1.67. The van der Waals surface area contributed by atoms with Crippen LogP contribution in [0.5, 0.6) is 0 Å². The number of nitrogens with zero attached hydrogens (tertiary/aromatic N) is 1. The summed E-state index contributed by atoms with van der Waals surface area (Å²) in [6.07, 6.45) is 6.86. The van der Waals surface area contributed by atoms with E-state index in [1.165, 1.54) is 31.4 Å². The molecule has 1 aliphatic carbocycles. The van der Waals surface area contributed by atoms with E-state index < -0.39 is 0 Å². The highest BCUT2D eigenvalue weighted by molar-refractivity contribution is 9.10. The monoisotopic (exact) mass is 337 g/mol. The van der Waals surface area contributed by atoms with Gasteiger partial charge in [0, 0.05) is 29.2 Å². The van der Waals surface area contributed by atoms with Gasteiger partial charge in [0.2, 0.25) is 5.91 Å². The van der Waals surface area contributed by atoms with Crippen molar-refractivity contribution in [3.8, 4) is 0 Å². The maximum atomic E-state index is 13.6. The maximum absolute atomic E-state index is 13.6. The third-order valence-corrected chi connectivity index (χ3v) is 4.89. The molecule has 2 nitrogen and oxygen atoms in total. The summed E-state index contributed by atoms with van der Waals surface area (Å²) in [5, 5.41) is 0. The summed E-state index contributed by atoms with van der Waals surface area (Å²) in [5.41, 5.74) is 0.437. The average Bonchev–Trinajstić information content (AvgIpc) is 3.00. The Kier molecular flexibility index (Phi) is 3.92. The van der Waals surface area contributed by atoms with Crippen molar-refractivity contribution in [3.05, 3.63) is 40.1 Å². The zero-order valence-corrected chi connectivity index (χ0v) is 12.8. The first-order valence-corrected chi connectivity index (χ1v) is 7.85. The number of likely N-dealkylation sites (tertiary alicyclic amines) is 1. The highest BCUT2D eigenvalue weighted by Crippen LogP contribution is 2.37. The number of hydrogen-bond acceptors (Lipinski definition) is 1. The van der Waals surface area contributed by atoms with E-state index in [2.05, 4.69) is 15.9 Å². The first-order valence-electron chi connectivity index (χ1n) is 7.05. The normalized spacial score (nSPS) is 25.4. The van der Waals surface area contributed by atoms with E-state index in [0.29, 0.717) is 17.4 Å². The number of rotatable bonds is 2. The second-order valence-corrected chi connectivity index (χ2v) is 6.61. The van der Waals surface area contributed by atoms with Gasteiger partial charge < -0.3 is 4.90 Å². The van der Waals surface area contributed by atoms with Crippen LogP contribution in [0.2, 0.25) is 0 Å². The number of carbonyl (C=O) groups is 1. The summed E-state index contributed by atoms with van der Waals surface area (Å²) in [6, 6.07) is 4.72. The fraction of sp³-hybridized carbons (Fsp3) is 0.438. The SMILES string of the molecule is O=C(C=Cc1cc(Br)ccc1F)N1CC2CCCC2C1. The molecule has 1 aromatic rings. The minimum atomic E-state index is -0.310. The van der Waals surface area contributed by atoms with Crippen molar-refractivity contribution in [2.45, 2.75) is 19.3 Å². The molecule has 20 heavy (non-hydrogen) atoms. The van der Waals surface area contributed by atoms with Crippen LogP contribution in [-0.2, 0) is 4.79 Å². The Morgan fingerprint density at radius 3 is 2.70 bits per heavy atom. The third-order valence-electron chi connectivity index (χ3n) is 4.40. The van der Waals surface area contributed by atoms with E-state index in [1.807, 2.05) is 4.90 Å². The Bertz CT molecular complexity index is 545. The lowest BCUT2D eigenvalue weighted by Crippen LogP contribution is -2.27. The lowest BCUT2D eigenvalue weighted by atomic mass is 10.0. The Hall–Kier alpha value is -1.16. The second-order valence-electron chi connectivity index (χ2n) is 5.69. The predicted molar refractivity (Wildman–Crippen MR) is 80.5 cm³/mol. The molecule has 1 aliphatic heterocycles. The fourth-order valence-electron chi connectivity index (χ4n) is 3.32. The van der Waals surface area contributed by atoms with Gasteiger partial charge in [-0.05, 0) is 49.0 Å². The minimum Gasteiger partial charge on any atom is -0.339 e. The van der Waals surface area contributed by atoms with Gasteiger partial charge in [-0.2, -0.15) is 0 Å². The summed E-state index contributed by atoms with van der Waals surface area (Å²) in [5.74, 6) is 1.07. The molecule has 1 amide bonds. The number of halogens is 2. The highest BCUT2D eigenvalue weighted by Gasteiger charge is 2.37. The molecule has 0 bridgehead atoms. The van der Waals surface area contributed by atoms with E-state index in [9.17, 15) is 9.18 Å². The molecule has 106 valence electrons. The summed E-state index contributed by atoms with van der Waals surface area (Å²) in [7, 11) is 0. The van der Waals surface area contributed by atoms with E-state index in [-0.39, 0.29) is 11.7 Å². The van der Waals surface area contributed by atoms with Crippen molar-refractivity contribution in [1.82, 2.24) is 4.90 Å². The molecular formula is C16H17BrFNO. The third kappa shape index (κ3) is 2.80. The molecule has 1 saturated heterocycles. The maximum Gasteiger partial charge on any atom is 0.246 e. The van der Waals surface area contributed by atoms with Gasteiger partial charge in [0.05, 0.1) is 0 Å². The first-order chi connectivity index (χ1) is 9.63. The second kappa shape index (κ2) is 5.68. The van der Waals surface area contributed by atoms with E-state index in [0.717, 1.165) is 17.6 Å². The standard InChI is InChI=1S/C16H17BrFNO/c17-14-5-6-15(18)11(8-14)4-7-16(20)19-9-12-2-1-3-13(12)10-19/h4-8,12-13H,1-3,9-10H2. The molecule has 1 aromatic carbocycles. The molecule has 0 N–H and O–H groups in total. The van der Waals surface area contributed by atoms with Gasteiger partial charge in [-0.25, -0.2) is 4.39 Å². The van der Waals surface area contributed by atoms with E-state index in [1.54, 1.807) is 18.2 Å². The van der Waals surface area contributed by atoms with Crippen LogP contribution in [0.4, 0.5) is 4.39 Å². The molecule has 0 spiro atoms. The fourth-order valence-corrected chi connectivity index (χ4v) is 3.70. The van der Waals surface area contributed by atoms with Crippen molar-refractivity contribution in [2.24, 2.45) is 11.8 Å². The summed E-state index contributed by atoms with van der Waals surface area (Å²) in [6.45, 7) is 1.74. The summed E-state index contributed by atoms with van der Waals surface area (Å²) < 4.78 is 14.4. The number of fused-ring (bicyclic) bond motifs is 1. The molecule has 4 heteroatoms. The van der Waals surface area contributed by atoms with Gasteiger partial charge in [-0.15, -0.1) is 0 Å². The van der Waals surface area contributed by atoms with Gasteiger partial charge >= 0.3 is 0 Å². The molecular weight excluding hydrogens is 321 g/mol. The summed E-state index contributed by atoms with van der Waals surface area (Å²) in [4.78, 5) is 14.1. The van der Waals surface area contributed by atoms with Gasteiger partial charge in [0.25, 0.3) is 0 Å². The molecule has 3 rings (SSSR count). The Morgan fingerprint density at radius 2 is 2.00 bits per heavy atom. The van der Waals surface area contributed by atoms with Gasteiger partial charge in [0.1, 0.15) is 5.82 Å². The van der Waals surface area contributed by atoms with Crippen molar-refractivity contribution in [3.63, 3.8) is 0 Å². The topological polar surface area (TPSA) is 20.3 Å². The molecule has 0 radical (unpaired) electrons. The largest absolute Gasteiger partial charge is 0.339 e. The van der Waals surface area contributed by atoms with Crippen LogP contribution in [-0.4, -0.2) is 23.9 Å². The summed E-state index contributed by atoms with van der Waals surface area (Å²) >= 11 is 3.31.